The van der Waals surface area contributed by atoms with Crippen LogP contribution in [0.5, 0.6) is 5.75 Å². The number of piperidine rings is 1. The Bertz CT molecular complexity index is 2420. The summed E-state index contributed by atoms with van der Waals surface area (Å²) in [4.78, 5) is 64.1. The predicted octanol–water partition coefficient (Wildman–Crippen LogP) is 5.72. The van der Waals surface area contributed by atoms with Gasteiger partial charge in [-0.25, -0.2) is 9.78 Å². The van der Waals surface area contributed by atoms with Crippen molar-refractivity contribution < 1.29 is 42.2 Å². The van der Waals surface area contributed by atoms with E-state index in [-0.39, 0.29) is 47.7 Å². The van der Waals surface area contributed by atoms with Gasteiger partial charge in [-0.1, -0.05) is 17.7 Å². The van der Waals surface area contributed by atoms with E-state index in [4.69, 9.17) is 27.1 Å². The van der Waals surface area contributed by atoms with Crippen molar-refractivity contribution in [3.8, 4) is 16.9 Å². The lowest BCUT2D eigenvalue weighted by atomic mass is 9.65. The number of amides is 5. The molecule has 2 aromatic carbocycles. The zero-order valence-corrected chi connectivity index (χ0v) is 36.2. The van der Waals surface area contributed by atoms with Crippen LogP contribution in [0.4, 0.5) is 23.7 Å². The first-order valence-electron chi connectivity index (χ1n) is 21.7. The van der Waals surface area contributed by atoms with Gasteiger partial charge >= 0.3 is 12.2 Å². The number of aromatic nitrogens is 1. The zero-order chi connectivity index (χ0) is 44.8. The van der Waals surface area contributed by atoms with Crippen molar-refractivity contribution in [1.82, 2.24) is 20.1 Å². The third-order valence-electron chi connectivity index (χ3n) is 14.1. The standard InChI is InChI=1S/C46H53ClF3N7O6/c1-55(25-27-7-12-44(13-8-27)16-19-56(20-17-44)42(60)29-3-5-33(47)36(23-29)57-18-11-39(58)54-43(57)61)26-45(62)14-9-28(10-15-45)34-22-30-21-32(37(63-2)24-35(30)52-34)31-4-6-38(46(48,49)50)53-40(31)41(51)59/h3-6,21-24,27-28,34,62H,7-20,25-26H2,1-2H3,(H2,51,59)(H,54,58,61). The topological polar surface area (TPSA) is 171 Å². The molecule has 1 atom stereocenters. The predicted molar refractivity (Wildman–Crippen MR) is 230 cm³/mol. The van der Waals surface area contributed by atoms with Gasteiger partial charge in [-0.05, 0) is 130 Å². The van der Waals surface area contributed by atoms with E-state index >= 15 is 0 Å². The Kier molecular flexibility index (Phi) is 12.4. The van der Waals surface area contributed by atoms with Gasteiger partial charge < -0.3 is 25.4 Å². The monoisotopic (exact) mass is 891 g/mol. The van der Waals surface area contributed by atoms with Gasteiger partial charge in [-0.15, -0.1) is 0 Å². The number of carbonyl (C=O) groups is 4. The number of fused-ring (bicyclic) bond motifs is 1. The molecule has 2 saturated heterocycles. The molecule has 4 heterocycles. The van der Waals surface area contributed by atoms with Crippen LogP contribution >= 0.6 is 11.6 Å². The summed E-state index contributed by atoms with van der Waals surface area (Å²) < 4.78 is 45.8. The van der Waals surface area contributed by atoms with Crippen LogP contribution in [0.1, 0.15) is 97.2 Å². The maximum Gasteiger partial charge on any atom is 0.433 e. The largest absolute Gasteiger partial charge is 0.496 e. The van der Waals surface area contributed by atoms with E-state index < -0.39 is 35.1 Å². The van der Waals surface area contributed by atoms with Gasteiger partial charge in [0.05, 0.1) is 34.8 Å². The third-order valence-corrected chi connectivity index (χ3v) is 14.4. The lowest BCUT2D eigenvalue weighted by Crippen LogP contribution is -2.49. The number of aliphatic hydroxyl groups is 1. The zero-order valence-electron chi connectivity index (χ0n) is 35.5. The van der Waals surface area contributed by atoms with Crippen molar-refractivity contribution in [2.75, 3.05) is 51.8 Å². The summed E-state index contributed by atoms with van der Waals surface area (Å²) in [5, 5.41) is 15.9. The molecule has 3 aromatic rings. The Balaban J connectivity index is 0.813. The first kappa shape index (κ1) is 44.5. The number of carbonyl (C=O) groups excluding carboxylic acids is 4. The summed E-state index contributed by atoms with van der Waals surface area (Å²) in [5.41, 5.74) is 4.59. The van der Waals surface area contributed by atoms with Crippen LogP contribution in [-0.2, 0) is 11.0 Å². The number of primary amides is 1. The number of likely N-dealkylation sites (tertiary alicyclic amines) is 1. The summed E-state index contributed by atoms with van der Waals surface area (Å²) in [7, 11) is 3.53. The molecule has 0 radical (unpaired) electrons. The number of alkyl halides is 3. The van der Waals surface area contributed by atoms with E-state index in [1.807, 2.05) is 11.0 Å². The number of nitrogens with zero attached hydrogens (tertiary/aromatic N) is 5. The summed E-state index contributed by atoms with van der Waals surface area (Å²) >= 11 is 6.42. The average Bonchev–Trinajstić information content (AvgIpc) is 3.67. The summed E-state index contributed by atoms with van der Waals surface area (Å²) in [5.74, 6) is -0.452. The van der Waals surface area contributed by atoms with E-state index in [2.05, 4.69) is 22.2 Å². The summed E-state index contributed by atoms with van der Waals surface area (Å²) in [6.45, 7) is 3.02. The molecule has 17 heteroatoms. The van der Waals surface area contributed by atoms with Crippen molar-refractivity contribution in [2.45, 2.75) is 88.4 Å². The van der Waals surface area contributed by atoms with E-state index in [0.29, 0.717) is 71.3 Å². The van der Waals surface area contributed by atoms with Crippen molar-refractivity contribution in [3.05, 3.63) is 75.0 Å². The number of imide groups is 1. The lowest BCUT2D eigenvalue weighted by Gasteiger charge is -2.47. The van der Waals surface area contributed by atoms with Crippen LogP contribution in [0.25, 0.3) is 17.2 Å². The van der Waals surface area contributed by atoms with Crippen LogP contribution in [0, 0.1) is 17.3 Å². The number of nitrogens with one attached hydrogen (secondary N) is 1. The van der Waals surface area contributed by atoms with Crippen molar-refractivity contribution in [2.24, 2.45) is 28.0 Å². The molecule has 8 rings (SSSR count). The number of hydrogen-bond donors (Lipinski definition) is 3. The van der Waals surface area contributed by atoms with Gasteiger partial charge in [0, 0.05) is 61.9 Å². The minimum absolute atomic E-state index is 0.0900. The van der Waals surface area contributed by atoms with Gasteiger partial charge in [0.25, 0.3) is 11.8 Å². The first-order valence-corrected chi connectivity index (χ1v) is 22.1. The highest BCUT2D eigenvalue weighted by molar-refractivity contribution is 6.34. The normalized spacial score (nSPS) is 23.9. The van der Waals surface area contributed by atoms with E-state index in [1.165, 1.54) is 18.1 Å². The van der Waals surface area contributed by atoms with Crippen LogP contribution < -0.4 is 31.3 Å². The summed E-state index contributed by atoms with van der Waals surface area (Å²) in [6, 6.07) is 9.76. The van der Waals surface area contributed by atoms with E-state index in [1.54, 1.807) is 30.3 Å². The van der Waals surface area contributed by atoms with Gasteiger partial charge in [0.15, 0.2) is 0 Å². The molecule has 13 nitrogen and oxygen atoms in total. The molecule has 2 saturated carbocycles. The molecule has 1 spiro atoms. The fourth-order valence-corrected chi connectivity index (χ4v) is 10.7. The lowest BCUT2D eigenvalue weighted by molar-refractivity contribution is -0.141. The highest BCUT2D eigenvalue weighted by Crippen LogP contribution is 2.47. The number of hydrogen-bond acceptors (Lipinski definition) is 9. The Morgan fingerprint density at radius 1 is 0.984 bits per heavy atom. The number of pyridine rings is 1. The molecular formula is C46H53ClF3N7O6. The molecule has 4 N–H and O–H groups in total. The second kappa shape index (κ2) is 17.5. The minimum atomic E-state index is -4.74. The summed E-state index contributed by atoms with van der Waals surface area (Å²) in [6.07, 6.45) is 6.61. The Morgan fingerprint density at radius 2 is 1.70 bits per heavy atom. The molecule has 5 amide bonds. The molecule has 3 aliphatic heterocycles. The van der Waals surface area contributed by atoms with Crippen molar-refractivity contribution in [1.29, 1.82) is 0 Å². The highest BCUT2D eigenvalue weighted by Gasteiger charge is 2.41. The fraction of sp³-hybridized carbons (Fsp3) is 0.522. The number of likely N-dealkylation sites (N-methyl/N-ethyl adjacent to an activating group) is 1. The van der Waals surface area contributed by atoms with Gasteiger partial charge in [-0.3, -0.25) is 29.6 Å². The number of halogens is 4. The van der Waals surface area contributed by atoms with Crippen LogP contribution in [0.3, 0.4) is 0 Å². The molecule has 4 fully saturated rings. The molecule has 1 unspecified atom stereocenters. The SMILES string of the molecule is COc1cc2c(cc1-c1ccc(C(F)(F)F)nc1C(N)=O)=CC(C1CCC(O)(CN(C)CC3CCC4(CC3)CCN(C(=O)c3ccc(Cl)c(N5CCC(=O)NC5=O)c3)CC4)CC1)N=2. The average molecular weight is 892 g/mol. The maximum atomic E-state index is 13.6. The van der Waals surface area contributed by atoms with E-state index in [9.17, 15) is 37.5 Å². The third kappa shape index (κ3) is 9.44. The number of benzene rings is 2. The minimum Gasteiger partial charge on any atom is -0.496 e. The molecule has 336 valence electrons. The van der Waals surface area contributed by atoms with Crippen molar-refractivity contribution >= 4 is 47.1 Å². The quantitative estimate of drug-likeness (QED) is 0.232. The Hall–Kier alpha value is -5.06. The van der Waals surface area contributed by atoms with E-state index in [0.717, 1.165) is 69.2 Å². The number of anilines is 1. The Labute approximate surface area is 368 Å². The smallest absolute Gasteiger partial charge is 0.433 e. The van der Waals surface area contributed by atoms with Crippen LogP contribution in [0.2, 0.25) is 5.02 Å². The Morgan fingerprint density at radius 3 is 2.35 bits per heavy atom. The molecule has 2 aliphatic carbocycles. The number of rotatable bonds is 10. The van der Waals surface area contributed by atoms with Gasteiger partial charge in [-0.2, -0.15) is 13.2 Å². The highest BCUT2D eigenvalue weighted by atomic mass is 35.5. The first-order chi connectivity index (χ1) is 29.9. The number of methoxy groups -OCH3 is 1. The molecule has 63 heavy (non-hydrogen) atoms. The maximum absolute atomic E-state index is 13.6. The fourth-order valence-electron chi connectivity index (χ4n) is 10.5. The molecule has 1 aromatic heterocycles. The molecule has 5 aliphatic rings. The number of ether oxygens (including phenoxy) is 1. The second-order valence-corrected chi connectivity index (χ2v) is 18.7. The molecule has 0 bridgehead atoms. The second-order valence-electron chi connectivity index (χ2n) is 18.3. The van der Waals surface area contributed by atoms with Gasteiger partial charge in [0.1, 0.15) is 17.1 Å². The van der Waals surface area contributed by atoms with Crippen LogP contribution in [0.15, 0.2) is 47.5 Å². The molecular weight excluding hydrogens is 839 g/mol. The number of nitrogens with two attached hydrogens (primary N) is 1. The van der Waals surface area contributed by atoms with Crippen molar-refractivity contribution in [3.63, 3.8) is 0 Å². The number of urea groups is 1. The van der Waals surface area contributed by atoms with Crippen LogP contribution in [-0.4, -0.2) is 102 Å². The van der Waals surface area contributed by atoms with Gasteiger partial charge in [0.2, 0.25) is 5.91 Å².